The van der Waals surface area contributed by atoms with Gasteiger partial charge in [-0.2, -0.15) is 12.6 Å². The van der Waals surface area contributed by atoms with E-state index < -0.39 is 0 Å². The summed E-state index contributed by atoms with van der Waals surface area (Å²) in [6, 6.07) is 0. The molecule has 0 heterocycles. The van der Waals surface area contributed by atoms with Crippen LogP contribution in [-0.4, -0.2) is 30.7 Å². The van der Waals surface area contributed by atoms with Crippen LogP contribution < -0.4 is 10.6 Å². The molecule has 5 heteroatoms. The van der Waals surface area contributed by atoms with Crippen LogP contribution in [0.4, 0.5) is 0 Å². The summed E-state index contributed by atoms with van der Waals surface area (Å²) in [5.74, 6) is 0.837. The van der Waals surface area contributed by atoms with Gasteiger partial charge in [0.1, 0.15) is 0 Å². The van der Waals surface area contributed by atoms with E-state index in [0.29, 0.717) is 19.5 Å². The molecule has 0 saturated carbocycles. The van der Waals surface area contributed by atoms with Gasteiger partial charge in [0.05, 0.1) is 0 Å². The average Bonchev–Trinajstić information content (AvgIpc) is 2.37. The summed E-state index contributed by atoms with van der Waals surface area (Å²) < 4.78 is 0. The van der Waals surface area contributed by atoms with Crippen molar-refractivity contribution in [1.82, 2.24) is 10.6 Å². The van der Waals surface area contributed by atoms with Crippen LogP contribution >= 0.6 is 12.6 Å². The number of carbonyl (C=O) groups is 2. The molecule has 0 aromatic carbocycles. The Morgan fingerprint density at radius 3 is 2.33 bits per heavy atom. The van der Waals surface area contributed by atoms with Gasteiger partial charge in [-0.05, 0) is 31.1 Å². The van der Waals surface area contributed by atoms with Crippen LogP contribution in [0.5, 0.6) is 0 Å². The van der Waals surface area contributed by atoms with E-state index >= 15 is 0 Å². The first-order chi connectivity index (χ1) is 8.70. The quantitative estimate of drug-likeness (QED) is 0.304. The van der Waals surface area contributed by atoms with Gasteiger partial charge in [0.15, 0.2) is 0 Å². The first kappa shape index (κ1) is 17.0. The van der Waals surface area contributed by atoms with Crippen molar-refractivity contribution in [3.63, 3.8) is 0 Å². The molecule has 2 N–H and O–H groups in total. The Morgan fingerprint density at radius 2 is 1.67 bits per heavy atom. The normalized spacial score (nSPS) is 9.83. The van der Waals surface area contributed by atoms with E-state index in [1.807, 2.05) is 0 Å². The molecule has 0 radical (unpaired) electrons. The largest absolute Gasteiger partial charge is 0.356 e. The molecule has 0 atom stereocenters. The standard InChI is InChI=1S/C13H24N2O2S/c1-2-12(16)14-9-7-10-15-13(17)8-5-3-4-6-11-18/h2,18H,1,3-11H2,(H,14,16)(H,15,17). The van der Waals surface area contributed by atoms with Crippen molar-refractivity contribution in [3.8, 4) is 0 Å². The summed E-state index contributed by atoms with van der Waals surface area (Å²) in [6.07, 6.45) is 6.86. The van der Waals surface area contributed by atoms with Gasteiger partial charge in [0.25, 0.3) is 0 Å². The second-order valence-electron chi connectivity index (χ2n) is 4.09. The van der Waals surface area contributed by atoms with Crippen LogP contribution in [0.1, 0.15) is 38.5 Å². The molecule has 0 bridgehead atoms. The molecular weight excluding hydrogens is 248 g/mol. The molecule has 18 heavy (non-hydrogen) atoms. The van der Waals surface area contributed by atoms with Crippen molar-refractivity contribution >= 4 is 24.4 Å². The maximum absolute atomic E-state index is 11.4. The fraction of sp³-hybridized carbons (Fsp3) is 0.692. The molecule has 0 aromatic heterocycles. The number of hydrogen-bond donors (Lipinski definition) is 3. The number of nitrogens with one attached hydrogen (secondary N) is 2. The van der Waals surface area contributed by atoms with Crippen molar-refractivity contribution in [1.29, 1.82) is 0 Å². The Bertz CT molecular complexity index is 257. The van der Waals surface area contributed by atoms with Gasteiger partial charge in [-0.3, -0.25) is 9.59 Å². The van der Waals surface area contributed by atoms with Gasteiger partial charge in [0, 0.05) is 19.5 Å². The predicted molar refractivity (Wildman–Crippen MR) is 77.8 cm³/mol. The summed E-state index contributed by atoms with van der Waals surface area (Å²) in [5, 5.41) is 5.49. The summed E-state index contributed by atoms with van der Waals surface area (Å²) in [6.45, 7) is 4.52. The molecule has 4 nitrogen and oxygen atoms in total. The highest BCUT2D eigenvalue weighted by molar-refractivity contribution is 7.80. The Kier molecular flexibility index (Phi) is 11.8. The number of amides is 2. The van der Waals surface area contributed by atoms with Gasteiger partial charge < -0.3 is 10.6 Å². The maximum Gasteiger partial charge on any atom is 0.243 e. The predicted octanol–water partition coefficient (Wildman–Crippen LogP) is 1.68. The summed E-state index contributed by atoms with van der Waals surface area (Å²) in [7, 11) is 0. The Hall–Kier alpha value is -0.970. The second kappa shape index (κ2) is 12.5. The number of thiol groups is 1. The lowest BCUT2D eigenvalue weighted by molar-refractivity contribution is -0.121. The third-order valence-electron chi connectivity index (χ3n) is 2.47. The topological polar surface area (TPSA) is 58.2 Å². The number of unbranched alkanes of at least 4 members (excludes halogenated alkanes) is 3. The zero-order chi connectivity index (χ0) is 13.6. The summed E-state index contributed by atoms with van der Waals surface area (Å²) in [4.78, 5) is 22.2. The monoisotopic (exact) mass is 272 g/mol. The molecule has 0 spiro atoms. The first-order valence-electron chi connectivity index (χ1n) is 6.48. The van der Waals surface area contributed by atoms with E-state index in [9.17, 15) is 9.59 Å². The zero-order valence-corrected chi connectivity index (χ0v) is 11.8. The minimum Gasteiger partial charge on any atom is -0.356 e. The average molecular weight is 272 g/mol. The van der Waals surface area contributed by atoms with Crippen molar-refractivity contribution in [2.24, 2.45) is 0 Å². The summed E-state index contributed by atoms with van der Waals surface area (Å²) in [5.41, 5.74) is 0. The molecule has 104 valence electrons. The molecule has 0 aliphatic carbocycles. The maximum atomic E-state index is 11.4. The molecule has 0 rings (SSSR count). The van der Waals surface area contributed by atoms with E-state index in [-0.39, 0.29) is 11.8 Å². The first-order valence-corrected chi connectivity index (χ1v) is 7.11. The molecule has 2 amide bonds. The molecular formula is C13H24N2O2S. The van der Waals surface area contributed by atoms with Crippen LogP contribution in [0.25, 0.3) is 0 Å². The Balaban J connectivity index is 3.26. The van der Waals surface area contributed by atoms with E-state index in [1.54, 1.807) is 0 Å². The molecule has 0 aliphatic rings. The van der Waals surface area contributed by atoms with E-state index in [2.05, 4.69) is 29.8 Å². The van der Waals surface area contributed by atoms with Crippen LogP contribution in [0.2, 0.25) is 0 Å². The van der Waals surface area contributed by atoms with Crippen molar-refractivity contribution in [2.75, 3.05) is 18.8 Å². The molecule has 0 saturated heterocycles. The fourth-order valence-electron chi connectivity index (χ4n) is 1.44. The fourth-order valence-corrected chi connectivity index (χ4v) is 1.66. The highest BCUT2D eigenvalue weighted by Crippen LogP contribution is 2.03. The summed E-state index contributed by atoms with van der Waals surface area (Å²) >= 11 is 4.14. The SMILES string of the molecule is C=CC(=O)NCCCNC(=O)CCCCCCS. The number of carbonyl (C=O) groups excluding carboxylic acids is 2. The van der Waals surface area contributed by atoms with Crippen LogP contribution in [-0.2, 0) is 9.59 Å². The van der Waals surface area contributed by atoms with Crippen LogP contribution in [0, 0.1) is 0 Å². The van der Waals surface area contributed by atoms with E-state index in [0.717, 1.165) is 37.9 Å². The van der Waals surface area contributed by atoms with Gasteiger partial charge >= 0.3 is 0 Å². The minimum absolute atomic E-state index is 0.0934. The van der Waals surface area contributed by atoms with Gasteiger partial charge in [-0.1, -0.05) is 19.4 Å². The van der Waals surface area contributed by atoms with Crippen molar-refractivity contribution < 1.29 is 9.59 Å². The zero-order valence-electron chi connectivity index (χ0n) is 10.9. The van der Waals surface area contributed by atoms with Gasteiger partial charge in [-0.15, -0.1) is 0 Å². The minimum atomic E-state index is -0.175. The van der Waals surface area contributed by atoms with Crippen LogP contribution in [0.3, 0.4) is 0 Å². The highest BCUT2D eigenvalue weighted by atomic mass is 32.1. The lowest BCUT2D eigenvalue weighted by Gasteiger charge is -2.05. The number of hydrogen-bond acceptors (Lipinski definition) is 3. The van der Waals surface area contributed by atoms with Crippen molar-refractivity contribution in [3.05, 3.63) is 12.7 Å². The number of rotatable bonds is 11. The third kappa shape index (κ3) is 11.5. The second-order valence-corrected chi connectivity index (χ2v) is 4.53. The Labute approximate surface area is 115 Å². The van der Waals surface area contributed by atoms with Crippen molar-refractivity contribution in [2.45, 2.75) is 38.5 Å². The lowest BCUT2D eigenvalue weighted by atomic mass is 10.1. The lowest BCUT2D eigenvalue weighted by Crippen LogP contribution is -2.28. The Morgan fingerprint density at radius 1 is 1.00 bits per heavy atom. The van der Waals surface area contributed by atoms with Gasteiger partial charge in [-0.25, -0.2) is 0 Å². The molecule has 0 fully saturated rings. The highest BCUT2D eigenvalue weighted by Gasteiger charge is 2.00. The van der Waals surface area contributed by atoms with Crippen LogP contribution in [0.15, 0.2) is 12.7 Å². The smallest absolute Gasteiger partial charge is 0.243 e. The molecule has 0 unspecified atom stereocenters. The molecule has 0 aliphatic heterocycles. The third-order valence-corrected chi connectivity index (χ3v) is 2.79. The van der Waals surface area contributed by atoms with Gasteiger partial charge in [0.2, 0.25) is 11.8 Å². The van der Waals surface area contributed by atoms with E-state index in [4.69, 9.17) is 0 Å². The van der Waals surface area contributed by atoms with E-state index in [1.165, 1.54) is 6.08 Å². The molecule has 0 aromatic rings.